The fourth-order valence-corrected chi connectivity index (χ4v) is 4.79. The molecule has 1 unspecified atom stereocenters. The average molecular weight is 511 g/mol. The fraction of sp³-hybridized carbons (Fsp3) is 0.407. The molecule has 9 nitrogen and oxygen atoms in total. The lowest BCUT2D eigenvalue weighted by molar-refractivity contribution is 0.0351. The van der Waals surface area contributed by atoms with Crippen LogP contribution in [0.25, 0.3) is 11.3 Å². The summed E-state index contributed by atoms with van der Waals surface area (Å²) in [5.41, 5.74) is 3.60. The Hall–Kier alpha value is -3.63. The van der Waals surface area contributed by atoms with Crippen molar-refractivity contribution in [1.29, 1.82) is 0 Å². The number of benzene rings is 1. The molecule has 0 saturated heterocycles. The third kappa shape index (κ3) is 5.55. The minimum atomic E-state index is -0.503. The highest BCUT2D eigenvalue weighted by Gasteiger charge is 2.32. The number of hydrogen-bond acceptors (Lipinski definition) is 7. The molecule has 3 N–H and O–H groups in total. The average Bonchev–Trinajstić information content (AvgIpc) is 3.25. The third-order valence-electron chi connectivity index (χ3n) is 6.52. The molecule has 0 radical (unpaired) electrons. The molecule has 0 saturated carbocycles. The minimum Gasteiger partial charge on any atom is -0.492 e. The predicted molar refractivity (Wildman–Crippen MR) is 136 cm³/mol. The summed E-state index contributed by atoms with van der Waals surface area (Å²) in [5, 5.41) is 6.42. The Morgan fingerprint density at radius 2 is 1.95 bits per heavy atom. The Balaban J connectivity index is 1.58. The van der Waals surface area contributed by atoms with Crippen molar-refractivity contribution >= 4 is 17.3 Å². The number of nitrogens with one attached hydrogen (secondary N) is 3. The van der Waals surface area contributed by atoms with Crippen molar-refractivity contribution in [1.82, 2.24) is 15.3 Å². The maximum atomic E-state index is 14.5. The Labute approximate surface area is 214 Å². The SMILES string of the molecule is COc1c(F)cccc1Nc1c2[nH]c3c1C(=O)NC(CCCCOCCOCCOc1cnccc1-2)C3. The van der Waals surface area contributed by atoms with E-state index in [1.165, 1.54) is 13.2 Å². The lowest BCUT2D eigenvalue weighted by atomic mass is 9.96. The first-order valence-corrected chi connectivity index (χ1v) is 12.5. The molecule has 0 aliphatic carbocycles. The first kappa shape index (κ1) is 25.0. The van der Waals surface area contributed by atoms with Gasteiger partial charge in [-0.1, -0.05) is 6.07 Å². The van der Waals surface area contributed by atoms with E-state index in [4.69, 9.17) is 18.9 Å². The van der Waals surface area contributed by atoms with E-state index in [2.05, 4.69) is 20.6 Å². The van der Waals surface area contributed by atoms with Crippen LogP contribution in [-0.4, -0.2) is 62.1 Å². The first-order valence-electron chi connectivity index (χ1n) is 12.5. The number of H-pyrrole nitrogens is 1. The van der Waals surface area contributed by atoms with Crippen LogP contribution in [0.5, 0.6) is 11.5 Å². The van der Waals surface area contributed by atoms with Crippen molar-refractivity contribution in [2.75, 3.05) is 45.5 Å². The number of para-hydroxylation sites is 1. The number of aromatic nitrogens is 2. The second kappa shape index (κ2) is 11.6. The van der Waals surface area contributed by atoms with Crippen LogP contribution in [-0.2, 0) is 15.9 Å². The Bertz CT molecular complexity index is 1250. The number of carbonyl (C=O) groups excluding carboxylic acids is 1. The van der Waals surface area contributed by atoms with Gasteiger partial charge in [0, 0.05) is 36.5 Å². The van der Waals surface area contributed by atoms with Crippen LogP contribution in [0, 0.1) is 5.82 Å². The third-order valence-corrected chi connectivity index (χ3v) is 6.52. The van der Waals surface area contributed by atoms with Gasteiger partial charge >= 0.3 is 0 Å². The van der Waals surface area contributed by atoms with Gasteiger partial charge in [0.05, 0.1) is 55.8 Å². The number of aromatic amines is 1. The zero-order valence-corrected chi connectivity index (χ0v) is 20.8. The molecule has 37 heavy (non-hydrogen) atoms. The summed E-state index contributed by atoms with van der Waals surface area (Å²) in [7, 11) is 1.41. The quantitative estimate of drug-likeness (QED) is 0.484. The number of hydrogen-bond donors (Lipinski definition) is 3. The van der Waals surface area contributed by atoms with Gasteiger partial charge in [-0.2, -0.15) is 0 Å². The van der Waals surface area contributed by atoms with Crippen molar-refractivity contribution in [3.05, 3.63) is 53.7 Å². The molecule has 0 fully saturated rings. The molecular formula is C27H31FN4O5. The smallest absolute Gasteiger partial charge is 0.255 e. The number of methoxy groups -OCH3 is 1. The van der Waals surface area contributed by atoms with E-state index in [9.17, 15) is 9.18 Å². The molecule has 10 heteroatoms. The maximum Gasteiger partial charge on any atom is 0.255 e. The van der Waals surface area contributed by atoms with Crippen molar-refractivity contribution in [2.24, 2.45) is 0 Å². The Morgan fingerprint density at radius 3 is 2.81 bits per heavy atom. The number of rotatable bonds is 3. The summed E-state index contributed by atoms with van der Waals surface area (Å²) in [6, 6.07) is 6.45. The van der Waals surface area contributed by atoms with Crippen molar-refractivity contribution < 1.29 is 28.1 Å². The van der Waals surface area contributed by atoms with Gasteiger partial charge in [0.2, 0.25) is 0 Å². The van der Waals surface area contributed by atoms with Gasteiger partial charge in [0.25, 0.3) is 5.91 Å². The summed E-state index contributed by atoms with van der Waals surface area (Å²) in [6.07, 6.45) is 6.62. The number of fused-ring (bicyclic) bond motifs is 4. The van der Waals surface area contributed by atoms with E-state index < -0.39 is 5.82 Å². The molecule has 5 rings (SSSR count). The molecule has 0 spiro atoms. The number of anilines is 2. The summed E-state index contributed by atoms with van der Waals surface area (Å²) >= 11 is 0. The Kier molecular flexibility index (Phi) is 7.86. The number of carbonyl (C=O) groups is 1. The van der Waals surface area contributed by atoms with Crippen LogP contribution in [0.4, 0.5) is 15.8 Å². The molecular weight excluding hydrogens is 479 g/mol. The minimum absolute atomic E-state index is 0.00145. The largest absolute Gasteiger partial charge is 0.492 e. The summed E-state index contributed by atoms with van der Waals surface area (Å²) in [5.74, 6) is -0.0928. The number of nitrogens with zero attached hydrogens (tertiary/aromatic N) is 1. The fourth-order valence-electron chi connectivity index (χ4n) is 4.79. The maximum absolute atomic E-state index is 14.5. The van der Waals surface area contributed by atoms with E-state index in [0.29, 0.717) is 67.8 Å². The zero-order valence-electron chi connectivity index (χ0n) is 20.8. The van der Waals surface area contributed by atoms with Crippen LogP contribution < -0.4 is 20.1 Å². The summed E-state index contributed by atoms with van der Waals surface area (Å²) in [6.45, 7) is 2.40. The predicted octanol–water partition coefficient (Wildman–Crippen LogP) is 4.22. The first-order chi connectivity index (χ1) is 18.2. The molecule has 2 aliphatic heterocycles. The van der Waals surface area contributed by atoms with Gasteiger partial charge < -0.3 is 34.6 Å². The van der Waals surface area contributed by atoms with E-state index in [0.717, 1.165) is 30.5 Å². The second-order valence-electron chi connectivity index (χ2n) is 8.99. The van der Waals surface area contributed by atoms with Crippen LogP contribution in [0.1, 0.15) is 35.3 Å². The standard InChI is InChI=1S/C27H31FN4O5/c1-34-26-19(28)6-4-7-20(26)31-25-23-21-15-17(30-27(23)33)5-2-3-10-35-11-12-36-13-14-37-22-16-29-9-8-18(22)24(25)32-21/h4,6-9,16-17,31-32H,2-3,5,10-15H2,1H3,(H,30,33). The monoisotopic (exact) mass is 510 g/mol. The normalized spacial score (nSPS) is 18.6. The zero-order chi connectivity index (χ0) is 25.6. The lowest BCUT2D eigenvalue weighted by Gasteiger charge is -2.24. The molecule has 4 heterocycles. The van der Waals surface area contributed by atoms with Crippen molar-refractivity contribution in [3.63, 3.8) is 0 Å². The molecule has 1 aromatic carbocycles. The van der Waals surface area contributed by atoms with E-state index in [-0.39, 0.29) is 17.7 Å². The summed E-state index contributed by atoms with van der Waals surface area (Å²) < 4.78 is 37.1. The number of amides is 1. The molecule has 2 aliphatic rings. The second-order valence-corrected chi connectivity index (χ2v) is 8.99. The van der Waals surface area contributed by atoms with Crippen molar-refractivity contribution in [2.45, 2.75) is 31.7 Å². The van der Waals surface area contributed by atoms with Gasteiger partial charge in [-0.25, -0.2) is 4.39 Å². The number of ether oxygens (including phenoxy) is 4. The summed E-state index contributed by atoms with van der Waals surface area (Å²) in [4.78, 5) is 21.1. The van der Waals surface area contributed by atoms with E-state index in [1.807, 2.05) is 6.07 Å². The molecule has 1 atom stereocenters. The van der Waals surface area contributed by atoms with Gasteiger partial charge in [0.15, 0.2) is 11.6 Å². The molecule has 3 aromatic rings. The molecule has 3 bridgehead atoms. The highest BCUT2D eigenvalue weighted by molar-refractivity contribution is 6.07. The highest BCUT2D eigenvalue weighted by atomic mass is 19.1. The van der Waals surface area contributed by atoms with Crippen LogP contribution in [0.2, 0.25) is 0 Å². The molecule has 196 valence electrons. The van der Waals surface area contributed by atoms with Gasteiger partial charge in [-0.05, 0) is 37.5 Å². The van der Waals surface area contributed by atoms with E-state index in [1.54, 1.807) is 24.5 Å². The van der Waals surface area contributed by atoms with Crippen LogP contribution in [0.3, 0.4) is 0 Å². The molecule has 2 aromatic heterocycles. The number of pyridine rings is 1. The number of halogens is 1. The van der Waals surface area contributed by atoms with Crippen LogP contribution >= 0.6 is 0 Å². The lowest BCUT2D eigenvalue weighted by Crippen LogP contribution is -2.41. The topological polar surface area (TPSA) is 107 Å². The van der Waals surface area contributed by atoms with E-state index >= 15 is 0 Å². The van der Waals surface area contributed by atoms with Gasteiger partial charge in [0.1, 0.15) is 12.4 Å². The van der Waals surface area contributed by atoms with Crippen molar-refractivity contribution in [3.8, 4) is 22.8 Å². The Morgan fingerprint density at radius 1 is 1.11 bits per heavy atom. The highest BCUT2D eigenvalue weighted by Crippen LogP contribution is 2.42. The molecule has 1 amide bonds. The van der Waals surface area contributed by atoms with Gasteiger partial charge in [-0.3, -0.25) is 9.78 Å². The van der Waals surface area contributed by atoms with Gasteiger partial charge in [-0.15, -0.1) is 0 Å². The van der Waals surface area contributed by atoms with Crippen LogP contribution in [0.15, 0.2) is 36.7 Å².